The Balaban J connectivity index is 1.84. The van der Waals surface area contributed by atoms with Crippen molar-refractivity contribution in [2.24, 2.45) is 5.92 Å². The third kappa shape index (κ3) is 4.40. The first-order valence-electron chi connectivity index (χ1n) is 10.0. The van der Waals surface area contributed by atoms with Gasteiger partial charge in [0, 0.05) is 26.2 Å². The quantitative estimate of drug-likeness (QED) is 0.830. The van der Waals surface area contributed by atoms with Gasteiger partial charge < -0.3 is 9.80 Å². The molecule has 0 atom stereocenters. The number of likely N-dealkylation sites (tertiary alicyclic amines) is 2. The summed E-state index contributed by atoms with van der Waals surface area (Å²) in [6.07, 6.45) is 7.27. The average Bonchev–Trinajstić information content (AvgIpc) is 2.68. The van der Waals surface area contributed by atoms with Crippen molar-refractivity contribution in [1.82, 2.24) is 20.0 Å². The molecule has 3 heterocycles. The zero-order chi connectivity index (χ0) is 18.5. The number of hydrogen-bond acceptors (Lipinski definition) is 4. The molecule has 0 radical (unpaired) electrons. The van der Waals surface area contributed by atoms with Gasteiger partial charge in [-0.2, -0.15) is 0 Å². The SMILES string of the molecule is CC(C)Cc1cc(C(=O)N2CCCCC2)nnc1C(=O)N1CCCCC1. The van der Waals surface area contributed by atoms with Crippen LogP contribution in [0.15, 0.2) is 6.07 Å². The predicted octanol–water partition coefficient (Wildman–Crippen LogP) is 2.93. The lowest BCUT2D eigenvalue weighted by Gasteiger charge is -2.28. The molecular weight excluding hydrogens is 328 g/mol. The first kappa shape index (κ1) is 18.8. The Bertz CT molecular complexity index is 647. The molecule has 3 rings (SSSR count). The number of rotatable bonds is 4. The second kappa shape index (κ2) is 8.60. The van der Waals surface area contributed by atoms with Crippen LogP contribution < -0.4 is 0 Å². The first-order chi connectivity index (χ1) is 12.6. The lowest BCUT2D eigenvalue weighted by molar-refractivity contribution is 0.0699. The molecule has 0 aliphatic carbocycles. The van der Waals surface area contributed by atoms with Crippen molar-refractivity contribution in [2.75, 3.05) is 26.2 Å². The molecule has 0 unspecified atom stereocenters. The minimum absolute atomic E-state index is 0.0372. The molecule has 0 spiro atoms. The Kier molecular flexibility index (Phi) is 6.22. The normalized spacial score (nSPS) is 18.3. The molecule has 0 N–H and O–H groups in total. The van der Waals surface area contributed by atoms with Gasteiger partial charge in [0.05, 0.1) is 0 Å². The molecule has 0 bridgehead atoms. The fourth-order valence-corrected chi connectivity index (χ4v) is 3.82. The number of carbonyl (C=O) groups is 2. The summed E-state index contributed by atoms with van der Waals surface area (Å²) in [6.45, 7) is 7.37. The second-order valence-electron chi connectivity index (χ2n) is 7.91. The van der Waals surface area contributed by atoms with Gasteiger partial charge in [-0.05, 0) is 62.5 Å². The van der Waals surface area contributed by atoms with Gasteiger partial charge in [-0.25, -0.2) is 0 Å². The molecule has 1 aromatic heterocycles. The van der Waals surface area contributed by atoms with Gasteiger partial charge >= 0.3 is 0 Å². The predicted molar refractivity (Wildman–Crippen MR) is 100 cm³/mol. The number of nitrogens with zero attached hydrogens (tertiary/aromatic N) is 4. The lowest BCUT2D eigenvalue weighted by atomic mass is 9.99. The van der Waals surface area contributed by atoms with Crippen LogP contribution in [0.2, 0.25) is 0 Å². The summed E-state index contributed by atoms with van der Waals surface area (Å²) in [4.78, 5) is 29.4. The Hall–Kier alpha value is -1.98. The molecule has 0 saturated carbocycles. The van der Waals surface area contributed by atoms with E-state index in [0.29, 0.717) is 17.3 Å². The van der Waals surface area contributed by atoms with Gasteiger partial charge in [-0.3, -0.25) is 9.59 Å². The van der Waals surface area contributed by atoms with Gasteiger partial charge in [-0.1, -0.05) is 13.8 Å². The van der Waals surface area contributed by atoms with Crippen LogP contribution in [-0.4, -0.2) is 58.0 Å². The highest BCUT2D eigenvalue weighted by Gasteiger charge is 2.26. The maximum atomic E-state index is 12.9. The third-order valence-electron chi connectivity index (χ3n) is 5.21. The Morgan fingerprint density at radius 1 is 0.885 bits per heavy atom. The van der Waals surface area contributed by atoms with Crippen LogP contribution in [0.3, 0.4) is 0 Å². The summed E-state index contributed by atoms with van der Waals surface area (Å²) in [5, 5.41) is 8.38. The monoisotopic (exact) mass is 358 g/mol. The van der Waals surface area contributed by atoms with E-state index in [1.807, 2.05) is 9.80 Å². The van der Waals surface area contributed by atoms with Gasteiger partial charge in [0.2, 0.25) is 0 Å². The van der Waals surface area contributed by atoms with Crippen LogP contribution in [0.1, 0.15) is 78.9 Å². The van der Waals surface area contributed by atoms with Crippen LogP contribution >= 0.6 is 0 Å². The topological polar surface area (TPSA) is 66.4 Å². The van der Waals surface area contributed by atoms with Gasteiger partial charge in [0.25, 0.3) is 11.8 Å². The van der Waals surface area contributed by atoms with Gasteiger partial charge in [-0.15, -0.1) is 10.2 Å². The summed E-state index contributed by atoms with van der Waals surface area (Å²) in [6, 6.07) is 1.81. The van der Waals surface area contributed by atoms with E-state index in [9.17, 15) is 9.59 Å². The van der Waals surface area contributed by atoms with E-state index in [2.05, 4.69) is 24.0 Å². The summed E-state index contributed by atoms with van der Waals surface area (Å²) >= 11 is 0. The van der Waals surface area contributed by atoms with E-state index in [-0.39, 0.29) is 11.8 Å². The van der Waals surface area contributed by atoms with E-state index in [0.717, 1.165) is 63.8 Å². The Labute approximate surface area is 156 Å². The smallest absolute Gasteiger partial charge is 0.274 e. The lowest BCUT2D eigenvalue weighted by Crippen LogP contribution is -2.38. The Morgan fingerprint density at radius 2 is 1.42 bits per heavy atom. The number of aromatic nitrogens is 2. The molecule has 1 aromatic rings. The molecule has 0 aromatic carbocycles. The molecule has 142 valence electrons. The van der Waals surface area contributed by atoms with Crippen molar-refractivity contribution in [3.63, 3.8) is 0 Å². The van der Waals surface area contributed by atoms with Gasteiger partial charge in [0.15, 0.2) is 11.4 Å². The van der Waals surface area contributed by atoms with Crippen LogP contribution in [-0.2, 0) is 6.42 Å². The summed E-state index contributed by atoms with van der Waals surface area (Å²) in [5.74, 6) is 0.286. The van der Waals surface area contributed by atoms with E-state index < -0.39 is 0 Å². The number of hydrogen-bond donors (Lipinski definition) is 0. The fraction of sp³-hybridized carbons (Fsp3) is 0.700. The Morgan fingerprint density at radius 3 is 1.96 bits per heavy atom. The first-order valence-corrected chi connectivity index (χ1v) is 10.0. The average molecular weight is 358 g/mol. The summed E-state index contributed by atoms with van der Waals surface area (Å²) in [5.41, 5.74) is 1.65. The minimum Gasteiger partial charge on any atom is -0.337 e. The maximum absolute atomic E-state index is 12.9. The highest BCUT2D eigenvalue weighted by molar-refractivity contribution is 5.96. The van der Waals surface area contributed by atoms with E-state index >= 15 is 0 Å². The van der Waals surface area contributed by atoms with E-state index in [1.165, 1.54) is 12.8 Å². The van der Waals surface area contributed by atoms with Crippen LogP contribution in [0.4, 0.5) is 0 Å². The summed E-state index contributed by atoms with van der Waals surface area (Å²) < 4.78 is 0. The zero-order valence-corrected chi connectivity index (χ0v) is 16.0. The molecule has 2 aliphatic heterocycles. The van der Waals surface area contributed by atoms with Crippen LogP contribution in [0.25, 0.3) is 0 Å². The standard InChI is InChI=1S/C20H30N4O2/c1-15(2)13-16-14-17(19(25)23-9-5-3-6-10-23)21-22-18(16)20(26)24-11-7-4-8-12-24/h14-15H,3-13H2,1-2H3. The molecule has 26 heavy (non-hydrogen) atoms. The van der Waals surface area contributed by atoms with Crippen molar-refractivity contribution in [3.05, 3.63) is 23.0 Å². The van der Waals surface area contributed by atoms with Crippen molar-refractivity contribution >= 4 is 11.8 Å². The van der Waals surface area contributed by atoms with E-state index in [1.54, 1.807) is 6.07 Å². The molecule has 6 heteroatoms. The molecule has 2 fully saturated rings. The van der Waals surface area contributed by atoms with E-state index in [4.69, 9.17) is 0 Å². The maximum Gasteiger partial charge on any atom is 0.274 e. The number of carbonyl (C=O) groups excluding carboxylic acids is 2. The van der Waals surface area contributed by atoms with Crippen molar-refractivity contribution in [1.29, 1.82) is 0 Å². The largest absolute Gasteiger partial charge is 0.337 e. The fourth-order valence-electron chi connectivity index (χ4n) is 3.82. The van der Waals surface area contributed by atoms with Crippen LogP contribution in [0, 0.1) is 5.92 Å². The van der Waals surface area contributed by atoms with Crippen molar-refractivity contribution in [3.8, 4) is 0 Å². The second-order valence-corrected chi connectivity index (χ2v) is 7.91. The van der Waals surface area contributed by atoms with Crippen LogP contribution in [0.5, 0.6) is 0 Å². The van der Waals surface area contributed by atoms with Gasteiger partial charge in [0.1, 0.15) is 0 Å². The highest BCUT2D eigenvalue weighted by atomic mass is 16.2. The number of amides is 2. The zero-order valence-electron chi connectivity index (χ0n) is 16.0. The number of piperidine rings is 2. The summed E-state index contributed by atoms with van der Waals surface area (Å²) in [7, 11) is 0. The molecule has 2 aliphatic rings. The molecular formula is C20H30N4O2. The van der Waals surface area contributed by atoms with Crippen molar-refractivity contribution < 1.29 is 9.59 Å². The molecule has 2 amide bonds. The third-order valence-corrected chi connectivity index (χ3v) is 5.21. The minimum atomic E-state index is -0.0563. The molecule has 6 nitrogen and oxygen atoms in total. The molecule has 2 saturated heterocycles. The highest BCUT2D eigenvalue weighted by Crippen LogP contribution is 2.19. The van der Waals surface area contributed by atoms with Crippen molar-refractivity contribution in [2.45, 2.75) is 58.8 Å².